The van der Waals surface area contributed by atoms with Gasteiger partial charge in [0.15, 0.2) is 0 Å². The molecule has 0 fully saturated rings. The van der Waals surface area contributed by atoms with Crippen LogP contribution in [-0.2, 0) is 6.54 Å². The van der Waals surface area contributed by atoms with Gasteiger partial charge in [0, 0.05) is 10.7 Å². The van der Waals surface area contributed by atoms with Crippen molar-refractivity contribution in [2.45, 2.75) is 26.5 Å². The maximum Gasteiger partial charge on any atom is 0.318 e. The summed E-state index contributed by atoms with van der Waals surface area (Å²) < 4.78 is 2.70. The molecule has 0 amide bonds. The highest BCUT2D eigenvalue weighted by molar-refractivity contribution is 6.30. The van der Waals surface area contributed by atoms with Gasteiger partial charge in [-0.3, -0.25) is 4.79 Å². The van der Waals surface area contributed by atoms with Gasteiger partial charge in [0.2, 0.25) is 5.82 Å². The molecule has 0 saturated heterocycles. The van der Waals surface area contributed by atoms with E-state index in [1.165, 1.54) is 15.7 Å². The van der Waals surface area contributed by atoms with Crippen molar-refractivity contribution >= 4 is 17.5 Å². The zero-order chi connectivity index (χ0) is 17.3. The smallest absolute Gasteiger partial charge is 0.318 e. The highest BCUT2D eigenvalue weighted by Gasteiger charge is 2.18. The van der Waals surface area contributed by atoms with Crippen LogP contribution < -0.4 is 0 Å². The number of nitrogens with zero attached hydrogens (tertiary/aromatic N) is 5. The zero-order valence-electron chi connectivity index (χ0n) is 13.2. The van der Waals surface area contributed by atoms with E-state index >= 15 is 0 Å². The van der Waals surface area contributed by atoms with Gasteiger partial charge in [0.25, 0.3) is 0 Å². The molecule has 0 radical (unpaired) electrons. The molecule has 1 atom stereocenters. The topological polar surface area (TPSA) is 85.8 Å². The fraction of sp³-hybridized carbons (Fsp3) is 0.250. The number of halogens is 1. The minimum absolute atomic E-state index is 0.0320. The highest BCUT2D eigenvalue weighted by Crippen LogP contribution is 2.17. The summed E-state index contributed by atoms with van der Waals surface area (Å²) in [6.07, 6.45) is 0.638. The lowest BCUT2D eigenvalue weighted by molar-refractivity contribution is 0.0930. The largest absolute Gasteiger partial charge is 0.386 e. The number of aromatic nitrogens is 5. The molecule has 8 heteroatoms. The van der Waals surface area contributed by atoms with E-state index in [2.05, 4.69) is 15.2 Å². The normalized spacial score (nSPS) is 12.3. The Morgan fingerprint density at radius 2 is 1.96 bits per heavy atom. The number of aliphatic hydroxyl groups excluding tert-OH is 1. The van der Waals surface area contributed by atoms with Crippen LogP contribution in [0.3, 0.4) is 0 Å². The molecule has 0 aliphatic carbocycles. The SMILES string of the molecule is Cc1cc(C)n(C(=O)c2ncn(C[C@H](O)c3ccc(Cl)cc3)n2)n1. The lowest BCUT2D eigenvalue weighted by atomic mass is 10.1. The molecule has 0 unspecified atom stereocenters. The molecular weight excluding hydrogens is 330 g/mol. The van der Waals surface area contributed by atoms with Gasteiger partial charge in [-0.2, -0.15) is 9.78 Å². The minimum atomic E-state index is -0.777. The summed E-state index contributed by atoms with van der Waals surface area (Å²) in [6.45, 7) is 3.78. The van der Waals surface area contributed by atoms with Gasteiger partial charge in [0.05, 0.1) is 18.3 Å². The van der Waals surface area contributed by atoms with Gasteiger partial charge in [-0.25, -0.2) is 9.67 Å². The maximum atomic E-state index is 12.4. The fourth-order valence-corrected chi connectivity index (χ4v) is 2.50. The van der Waals surface area contributed by atoms with E-state index in [9.17, 15) is 9.90 Å². The van der Waals surface area contributed by atoms with E-state index in [0.29, 0.717) is 10.6 Å². The Labute approximate surface area is 143 Å². The van der Waals surface area contributed by atoms with Gasteiger partial charge in [-0.05, 0) is 37.6 Å². The predicted octanol–water partition coefficient (Wildman–Crippen LogP) is 2.17. The zero-order valence-corrected chi connectivity index (χ0v) is 14.0. The van der Waals surface area contributed by atoms with Crippen molar-refractivity contribution in [1.82, 2.24) is 24.5 Å². The fourth-order valence-electron chi connectivity index (χ4n) is 2.38. The Morgan fingerprint density at radius 3 is 2.58 bits per heavy atom. The van der Waals surface area contributed by atoms with Crippen molar-refractivity contribution in [2.24, 2.45) is 0 Å². The van der Waals surface area contributed by atoms with Gasteiger partial charge in [-0.1, -0.05) is 23.7 Å². The lowest BCUT2D eigenvalue weighted by Gasteiger charge is -2.10. The van der Waals surface area contributed by atoms with Crippen molar-refractivity contribution in [3.8, 4) is 0 Å². The Morgan fingerprint density at radius 1 is 1.25 bits per heavy atom. The molecular formula is C16H16ClN5O2. The summed E-state index contributed by atoms with van der Waals surface area (Å²) in [4.78, 5) is 16.4. The minimum Gasteiger partial charge on any atom is -0.386 e. The molecule has 0 spiro atoms. The van der Waals surface area contributed by atoms with Crippen molar-refractivity contribution in [3.63, 3.8) is 0 Å². The Hall–Kier alpha value is -2.51. The molecule has 7 nitrogen and oxygen atoms in total. The first-order chi connectivity index (χ1) is 11.4. The molecule has 3 aromatic rings. The van der Waals surface area contributed by atoms with Crippen molar-refractivity contribution in [1.29, 1.82) is 0 Å². The number of rotatable bonds is 4. The summed E-state index contributed by atoms with van der Waals surface area (Å²) in [7, 11) is 0. The van der Waals surface area contributed by atoms with E-state index in [-0.39, 0.29) is 12.4 Å². The third-order valence-electron chi connectivity index (χ3n) is 3.54. The monoisotopic (exact) mass is 345 g/mol. The van der Waals surface area contributed by atoms with E-state index in [1.54, 1.807) is 37.3 Å². The summed E-state index contributed by atoms with van der Waals surface area (Å²) in [5.74, 6) is -0.371. The number of carbonyl (C=O) groups excluding carboxylic acids is 1. The standard InChI is InChI=1S/C16H16ClN5O2/c1-10-7-11(2)22(19-10)16(24)15-18-9-21(20-15)8-14(23)12-3-5-13(17)6-4-12/h3-7,9,14,23H,8H2,1-2H3/t14-/m0/s1. The third-order valence-corrected chi connectivity index (χ3v) is 3.80. The lowest BCUT2D eigenvalue weighted by Crippen LogP contribution is -2.18. The molecule has 1 N–H and O–H groups in total. The van der Waals surface area contributed by atoms with E-state index in [1.807, 2.05) is 6.92 Å². The highest BCUT2D eigenvalue weighted by atomic mass is 35.5. The molecule has 0 bridgehead atoms. The van der Waals surface area contributed by atoms with Crippen LogP contribution in [-0.4, -0.2) is 35.6 Å². The van der Waals surface area contributed by atoms with E-state index in [4.69, 9.17) is 11.6 Å². The van der Waals surface area contributed by atoms with Crippen LogP contribution in [0.25, 0.3) is 0 Å². The Kier molecular flexibility index (Phi) is 4.46. The number of aliphatic hydroxyl groups is 1. The predicted molar refractivity (Wildman–Crippen MR) is 87.9 cm³/mol. The molecule has 0 aliphatic heterocycles. The van der Waals surface area contributed by atoms with Crippen LogP contribution >= 0.6 is 11.6 Å². The maximum absolute atomic E-state index is 12.4. The molecule has 124 valence electrons. The van der Waals surface area contributed by atoms with Crippen LogP contribution in [0, 0.1) is 13.8 Å². The molecule has 24 heavy (non-hydrogen) atoms. The number of hydrogen-bond acceptors (Lipinski definition) is 5. The number of benzene rings is 1. The first kappa shape index (κ1) is 16.4. The van der Waals surface area contributed by atoms with Crippen LogP contribution in [0.2, 0.25) is 5.02 Å². The second-order valence-electron chi connectivity index (χ2n) is 5.50. The number of aryl methyl sites for hydroxylation is 2. The summed E-state index contributed by atoms with van der Waals surface area (Å²) in [5.41, 5.74) is 2.18. The first-order valence-electron chi connectivity index (χ1n) is 7.35. The van der Waals surface area contributed by atoms with Crippen molar-refractivity contribution < 1.29 is 9.90 Å². The quantitative estimate of drug-likeness (QED) is 0.783. The van der Waals surface area contributed by atoms with Crippen LogP contribution in [0.5, 0.6) is 0 Å². The Bertz CT molecular complexity index is 869. The van der Waals surface area contributed by atoms with Gasteiger partial charge in [-0.15, -0.1) is 5.10 Å². The third kappa shape index (κ3) is 3.37. The number of carbonyl (C=O) groups is 1. The average Bonchev–Trinajstić information content (AvgIpc) is 3.13. The summed E-state index contributed by atoms with van der Waals surface area (Å²) in [5, 5.41) is 19.1. The van der Waals surface area contributed by atoms with Crippen molar-refractivity contribution in [2.75, 3.05) is 0 Å². The average molecular weight is 346 g/mol. The second kappa shape index (κ2) is 6.54. The molecule has 0 saturated carbocycles. The van der Waals surface area contributed by atoms with Crippen LogP contribution in [0.15, 0.2) is 36.7 Å². The van der Waals surface area contributed by atoms with Crippen molar-refractivity contribution in [3.05, 3.63) is 64.5 Å². The second-order valence-corrected chi connectivity index (χ2v) is 5.94. The molecule has 2 aromatic heterocycles. The summed E-state index contributed by atoms with van der Waals surface area (Å²) >= 11 is 5.83. The molecule has 3 rings (SSSR count). The Balaban J connectivity index is 1.74. The van der Waals surface area contributed by atoms with Gasteiger partial charge in [0.1, 0.15) is 6.33 Å². The van der Waals surface area contributed by atoms with E-state index < -0.39 is 12.0 Å². The summed E-state index contributed by atoms with van der Waals surface area (Å²) in [6, 6.07) is 8.70. The number of hydrogen-bond donors (Lipinski definition) is 1. The van der Waals surface area contributed by atoms with Crippen LogP contribution in [0.1, 0.15) is 33.7 Å². The van der Waals surface area contributed by atoms with Gasteiger partial charge < -0.3 is 5.11 Å². The first-order valence-corrected chi connectivity index (χ1v) is 7.73. The molecule has 2 heterocycles. The molecule has 1 aromatic carbocycles. The molecule has 0 aliphatic rings. The van der Waals surface area contributed by atoms with E-state index in [0.717, 1.165) is 11.4 Å². The van der Waals surface area contributed by atoms with Gasteiger partial charge >= 0.3 is 5.91 Å². The van der Waals surface area contributed by atoms with Crippen LogP contribution in [0.4, 0.5) is 0 Å².